The summed E-state index contributed by atoms with van der Waals surface area (Å²) in [5, 5.41) is 5.02. The molecule has 0 heterocycles. The number of hydrogen-bond acceptors (Lipinski definition) is 4. The lowest BCUT2D eigenvalue weighted by Crippen LogP contribution is -2.14. The molecule has 100 valence electrons. The second-order valence-electron chi connectivity index (χ2n) is 3.71. The van der Waals surface area contributed by atoms with Gasteiger partial charge in [0.1, 0.15) is 0 Å². The smallest absolute Gasteiger partial charge is 0.338 e. The maximum Gasteiger partial charge on any atom is 0.338 e. The summed E-state index contributed by atoms with van der Waals surface area (Å²) < 4.78 is 27.9. The predicted octanol–water partition coefficient (Wildman–Crippen LogP) is 2.05. The van der Waals surface area contributed by atoms with Gasteiger partial charge in [0.15, 0.2) is 0 Å². The van der Waals surface area contributed by atoms with Crippen LogP contribution >= 0.6 is 15.9 Å². The van der Waals surface area contributed by atoms with Gasteiger partial charge in [-0.3, -0.25) is 0 Å². The predicted molar refractivity (Wildman–Crippen MR) is 70.7 cm³/mol. The zero-order valence-electron chi connectivity index (χ0n) is 9.85. The van der Waals surface area contributed by atoms with Gasteiger partial charge in [0.05, 0.1) is 17.1 Å². The van der Waals surface area contributed by atoms with Crippen molar-refractivity contribution in [2.45, 2.75) is 24.7 Å². The third-order valence-electron chi connectivity index (χ3n) is 2.17. The van der Waals surface area contributed by atoms with E-state index in [9.17, 15) is 13.2 Å². The van der Waals surface area contributed by atoms with Gasteiger partial charge in [0, 0.05) is 4.47 Å². The third-order valence-corrected chi connectivity index (χ3v) is 3.52. The maximum absolute atomic E-state index is 11.7. The van der Waals surface area contributed by atoms with Crippen LogP contribution in [0.5, 0.6) is 0 Å². The number of ether oxygens (including phenoxy) is 1. The van der Waals surface area contributed by atoms with Gasteiger partial charge >= 0.3 is 5.97 Å². The van der Waals surface area contributed by atoms with Gasteiger partial charge in [0.2, 0.25) is 10.0 Å². The monoisotopic (exact) mass is 335 g/mol. The van der Waals surface area contributed by atoms with Gasteiger partial charge in [-0.15, -0.1) is 0 Å². The lowest BCUT2D eigenvalue weighted by Gasteiger charge is -2.06. The van der Waals surface area contributed by atoms with Gasteiger partial charge in [0.25, 0.3) is 0 Å². The van der Waals surface area contributed by atoms with Gasteiger partial charge in [-0.05, 0) is 24.6 Å². The van der Waals surface area contributed by atoms with Crippen LogP contribution in [0, 0.1) is 0 Å². The molecule has 0 saturated heterocycles. The van der Waals surface area contributed by atoms with E-state index < -0.39 is 16.0 Å². The zero-order valence-corrected chi connectivity index (χ0v) is 12.3. The molecule has 7 heteroatoms. The number of unbranched alkanes of at least 4 members (excludes halogenated alkanes) is 1. The number of sulfonamides is 1. The van der Waals surface area contributed by atoms with E-state index >= 15 is 0 Å². The van der Waals surface area contributed by atoms with Crippen LogP contribution < -0.4 is 5.14 Å². The van der Waals surface area contributed by atoms with Crippen molar-refractivity contribution in [3.8, 4) is 0 Å². The Morgan fingerprint density at radius 2 is 2.06 bits per heavy atom. The highest BCUT2D eigenvalue weighted by Gasteiger charge is 2.14. The van der Waals surface area contributed by atoms with E-state index in [-0.39, 0.29) is 10.5 Å². The number of benzene rings is 1. The maximum atomic E-state index is 11.7. The minimum atomic E-state index is -3.84. The average molecular weight is 336 g/mol. The molecule has 0 aliphatic carbocycles. The fourth-order valence-electron chi connectivity index (χ4n) is 1.24. The van der Waals surface area contributed by atoms with Gasteiger partial charge in [-0.2, -0.15) is 0 Å². The van der Waals surface area contributed by atoms with E-state index in [4.69, 9.17) is 9.88 Å². The summed E-state index contributed by atoms with van der Waals surface area (Å²) in [5.41, 5.74) is 0.157. The first kappa shape index (κ1) is 15.1. The fraction of sp³-hybridized carbons (Fsp3) is 0.364. The van der Waals surface area contributed by atoms with Crippen molar-refractivity contribution in [3.63, 3.8) is 0 Å². The van der Waals surface area contributed by atoms with E-state index in [0.717, 1.165) is 12.8 Å². The van der Waals surface area contributed by atoms with Crippen molar-refractivity contribution in [2.24, 2.45) is 5.14 Å². The Kier molecular flexibility index (Phi) is 5.30. The van der Waals surface area contributed by atoms with E-state index in [0.29, 0.717) is 11.1 Å². The van der Waals surface area contributed by atoms with Crippen molar-refractivity contribution < 1.29 is 17.9 Å². The quantitative estimate of drug-likeness (QED) is 0.659. The van der Waals surface area contributed by atoms with Crippen molar-refractivity contribution in [3.05, 3.63) is 28.2 Å². The molecule has 0 unspecified atom stereocenters. The highest BCUT2D eigenvalue weighted by molar-refractivity contribution is 9.10. The van der Waals surface area contributed by atoms with Crippen LogP contribution in [0.15, 0.2) is 27.6 Å². The molecule has 5 nitrogen and oxygen atoms in total. The molecule has 0 amide bonds. The Hall–Kier alpha value is -0.920. The summed E-state index contributed by atoms with van der Waals surface area (Å²) in [6.07, 6.45) is 1.68. The van der Waals surface area contributed by atoms with E-state index in [1.807, 2.05) is 6.92 Å². The number of rotatable bonds is 5. The summed E-state index contributed by atoms with van der Waals surface area (Å²) >= 11 is 3.13. The minimum Gasteiger partial charge on any atom is -0.462 e. The number of nitrogens with two attached hydrogens (primary N) is 1. The minimum absolute atomic E-state index is 0.126. The molecule has 1 aromatic rings. The Labute approximate surface area is 114 Å². The summed E-state index contributed by atoms with van der Waals surface area (Å²) in [6.45, 7) is 2.29. The molecule has 0 atom stereocenters. The Bertz CT molecular complexity index is 542. The second kappa shape index (κ2) is 6.31. The first-order valence-corrected chi connectivity index (χ1v) is 7.69. The molecular weight excluding hydrogens is 322 g/mol. The van der Waals surface area contributed by atoms with Gasteiger partial charge in [-0.1, -0.05) is 29.3 Å². The third kappa shape index (κ3) is 4.40. The van der Waals surface area contributed by atoms with Gasteiger partial charge < -0.3 is 4.74 Å². The average Bonchev–Trinajstić information content (AvgIpc) is 2.27. The fourth-order valence-corrected chi connectivity index (χ4v) is 2.46. The molecule has 0 bridgehead atoms. The Morgan fingerprint density at radius 3 is 2.61 bits per heavy atom. The molecule has 0 radical (unpaired) electrons. The molecule has 0 spiro atoms. The van der Waals surface area contributed by atoms with Crippen LogP contribution in [0.4, 0.5) is 0 Å². The van der Waals surface area contributed by atoms with Crippen molar-refractivity contribution in [1.29, 1.82) is 0 Å². The van der Waals surface area contributed by atoms with Crippen LogP contribution in [0.1, 0.15) is 30.1 Å². The standard InChI is InChI=1S/C11H14BrNO4S/c1-2-3-4-17-11(14)8-5-9(12)7-10(6-8)18(13,15)16/h5-7H,2-4H2,1H3,(H2,13,15,16). The van der Waals surface area contributed by atoms with Crippen molar-refractivity contribution >= 4 is 31.9 Å². The molecule has 2 N–H and O–H groups in total. The lowest BCUT2D eigenvalue weighted by atomic mass is 10.2. The largest absolute Gasteiger partial charge is 0.462 e. The highest BCUT2D eigenvalue weighted by atomic mass is 79.9. The van der Waals surface area contributed by atoms with E-state index in [1.54, 1.807) is 0 Å². The number of carbonyl (C=O) groups is 1. The lowest BCUT2D eigenvalue weighted by molar-refractivity contribution is 0.0499. The summed E-state index contributed by atoms with van der Waals surface area (Å²) in [4.78, 5) is 11.5. The molecule has 18 heavy (non-hydrogen) atoms. The normalized spacial score (nSPS) is 11.3. The van der Waals surface area contributed by atoms with Crippen LogP contribution in [-0.2, 0) is 14.8 Å². The molecule has 0 aromatic heterocycles. The summed E-state index contributed by atoms with van der Waals surface area (Å²) in [6, 6.07) is 4.02. The molecule has 0 saturated carbocycles. The molecule has 0 fully saturated rings. The van der Waals surface area contributed by atoms with Crippen LogP contribution in [0.2, 0.25) is 0 Å². The number of esters is 1. The van der Waals surface area contributed by atoms with Crippen LogP contribution in [-0.4, -0.2) is 21.0 Å². The second-order valence-corrected chi connectivity index (χ2v) is 6.19. The van der Waals surface area contributed by atoms with E-state index in [1.165, 1.54) is 18.2 Å². The van der Waals surface area contributed by atoms with Crippen LogP contribution in [0.3, 0.4) is 0 Å². The van der Waals surface area contributed by atoms with Crippen LogP contribution in [0.25, 0.3) is 0 Å². The number of carbonyl (C=O) groups excluding carboxylic acids is 1. The number of primary sulfonamides is 1. The van der Waals surface area contributed by atoms with E-state index in [2.05, 4.69) is 15.9 Å². The van der Waals surface area contributed by atoms with Crippen molar-refractivity contribution in [1.82, 2.24) is 0 Å². The summed E-state index contributed by atoms with van der Waals surface area (Å²) in [5.74, 6) is -0.561. The molecule has 1 rings (SSSR count). The Balaban J connectivity index is 2.96. The number of hydrogen-bond donors (Lipinski definition) is 1. The SMILES string of the molecule is CCCCOC(=O)c1cc(Br)cc(S(N)(=O)=O)c1. The van der Waals surface area contributed by atoms with Gasteiger partial charge in [-0.25, -0.2) is 18.4 Å². The Morgan fingerprint density at radius 1 is 1.39 bits per heavy atom. The summed E-state index contributed by atoms with van der Waals surface area (Å²) in [7, 11) is -3.84. The molecule has 1 aromatic carbocycles. The molecule has 0 aliphatic heterocycles. The number of halogens is 1. The zero-order chi connectivity index (χ0) is 13.8. The van der Waals surface area contributed by atoms with Crippen molar-refractivity contribution in [2.75, 3.05) is 6.61 Å². The highest BCUT2D eigenvalue weighted by Crippen LogP contribution is 2.19. The molecular formula is C11H14BrNO4S. The topological polar surface area (TPSA) is 86.5 Å². The first-order chi connectivity index (χ1) is 8.34. The first-order valence-electron chi connectivity index (χ1n) is 5.35. The molecule has 0 aliphatic rings.